The third-order valence-corrected chi connectivity index (χ3v) is 4.21. The lowest BCUT2D eigenvalue weighted by Gasteiger charge is -1.99. The molecule has 0 bridgehead atoms. The predicted octanol–water partition coefficient (Wildman–Crippen LogP) is 2.59. The Hall–Kier alpha value is -2.94. The van der Waals surface area contributed by atoms with Crippen molar-refractivity contribution in [3.63, 3.8) is 0 Å². The largest absolute Gasteiger partial charge is 0.455 e. The number of aryl methyl sites for hydroxylation is 1. The van der Waals surface area contributed by atoms with Gasteiger partial charge in [0.25, 0.3) is 0 Å². The highest BCUT2D eigenvalue weighted by molar-refractivity contribution is 7.07. The summed E-state index contributed by atoms with van der Waals surface area (Å²) in [7, 11) is 0. The first-order valence-corrected chi connectivity index (χ1v) is 7.80. The molecule has 4 rings (SSSR count). The Morgan fingerprint density at radius 2 is 2.17 bits per heavy atom. The van der Waals surface area contributed by atoms with Gasteiger partial charge >= 0.3 is 5.97 Å². The number of ether oxygens (including phenoxy) is 3. The van der Waals surface area contributed by atoms with Crippen molar-refractivity contribution in [3.05, 3.63) is 40.5 Å². The lowest BCUT2D eigenvalue weighted by atomic mass is 10.1. The predicted molar refractivity (Wildman–Crippen MR) is 81.8 cm³/mol. The number of carbonyl (C=O) groups excluding carboxylic acids is 1. The quantitative estimate of drug-likeness (QED) is 0.666. The summed E-state index contributed by atoms with van der Waals surface area (Å²) in [5.74, 6) is 1.43. The summed E-state index contributed by atoms with van der Waals surface area (Å²) in [4.78, 5) is 12.3. The Morgan fingerprint density at radius 1 is 1.29 bits per heavy atom. The van der Waals surface area contributed by atoms with Crippen LogP contribution in [0, 0.1) is 6.92 Å². The second kappa shape index (κ2) is 5.93. The van der Waals surface area contributed by atoms with Crippen LogP contribution in [0.2, 0.25) is 0 Å². The van der Waals surface area contributed by atoms with E-state index in [0.29, 0.717) is 33.5 Å². The molecule has 0 saturated heterocycles. The molecular weight excluding hydrogens is 334 g/mol. The van der Waals surface area contributed by atoms with Gasteiger partial charge in [0.2, 0.25) is 6.79 Å². The molecule has 24 heavy (non-hydrogen) atoms. The molecule has 0 unspecified atom stereocenters. The monoisotopic (exact) mass is 345 g/mol. The van der Waals surface area contributed by atoms with E-state index in [4.69, 9.17) is 18.7 Å². The SMILES string of the molecule is Cc1nnsc1C(=O)OCc1cc(-c2ccc3c(c2)OCO3)on1. The van der Waals surface area contributed by atoms with Crippen LogP contribution in [0.5, 0.6) is 11.5 Å². The molecule has 1 aromatic carbocycles. The van der Waals surface area contributed by atoms with Crippen molar-refractivity contribution in [3.8, 4) is 22.8 Å². The third kappa shape index (κ3) is 2.69. The number of aromatic nitrogens is 3. The minimum atomic E-state index is -0.477. The highest BCUT2D eigenvalue weighted by Gasteiger charge is 2.18. The van der Waals surface area contributed by atoms with E-state index in [0.717, 1.165) is 17.1 Å². The Balaban J connectivity index is 1.45. The number of benzene rings is 1. The molecule has 0 aliphatic carbocycles. The average Bonchev–Trinajstić information content (AvgIpc) is 3.32. The minimum Gasteiger partial charge on any atom is -0.455 e. The van der Waals surface area contributed by atoms with E-state index in [1.807, 2.05) is 12.1 Å². The number of nitrogens with zero attached hydrogens (tertiary/aromatic N) is 3. The fourth-order valence-corrected chi connectivity index (χ4v) is 2.74. The Kier molecular flexibility index (Phi) is 3.62. The number of fused-ring (bicyclic) bond motifs is 1. The van der Waals surface area contributed by atoms with Gasteiger partial charge in [-0.25, -0.2) is 4.79 Å². The lowest BCUT2D eigenvalue weighted by molar-refractivity contribution is 0.0469. The summed E-state index contributed by atoms with van der Waals surface area (Å²) >= 11 is 1.00. The van der Waals surface area contributed by atoms with Crippen molar-refractivity contribution in [2.75, 3.05) is 6.79 Å². The van der Waals surface area contributed by atoms with Crippen LogP contribution < -0.4 is 9.47 Å². The minimum absolute atomic E-state index is 0.00419. The maximum Gasteiger partial charge on any atom is 0.352 e. The van der Waals surface area contributed by atoms with Gasteiger partial charge < -0.3 is 18.7 Å². The molecule has 1 aliphatic rings. The van der Waals surface area contributed by atoms with Crippen LogP contribution in [0.1, 0.15) is 21.1 Å². The number of carbonyl (C=O) groups is 1. The fraction of sp³-hybridized carbons (Fsp3) is 0.200. The van der Waals surface area contributed by atoms with Gasteiger partial charge in [0.1, 0.15) is 12.3 Å². The van der Waals surface area contributed by atoms with Gasteiger partial charge in [0.15, 0.2) is 22.1 Å². The van der Waals surface area contributed by atoms with Gasteiger partial charge in [-0.2, -0.15) is 0 Å². The molecule has 0 saturated carbocycles. The molecule has 3 aromatic rings. The molecule has 2 aromatic heterocycles. The molecule has 9 heteroatoms. The maximum atomic E-state index is 11.9. The summed E-state index contributed by atoms with van der Waals surface area (Å²) in [5, 5.41) is 7.69. The Morgan fingerprint density at radius 3 is 3.00 bits per heavy atom. The fourth-order valence-electron chi connectivity index (χ4n) is 2.19. The molecule has 122 valence electrons. The van der Waals surface area contributed by atoms with Gasteiger partial charge in [0, 0.05) is 11.6 Å². The molecule has 0 N–H and O–H groups in total. The van der Waals surface area contributed by atoms with Crippen molar-refractivity contribution in [1.29, 1.82) is 0 Å². The van der Waals surface area contributed by atoms with Crippen molar-refractivity contribution in [1.82, 2.24) is 14.7 Å². The van der Waals surface area contributed by atoms with Crippen LogP contribution in [0.15, 0.2) is 28.8 Å². The average molecular weight is 345 g/mol. The third-order valence-electron chi connectivity index (χ3n) is 3.40. The summed E-state index contributed by atoms with van der Waals surface area (Å²) in [6.07, 6.45) is 0. The van der Waals surface area contributed by atoms with Crippen LogP contribution in [0.4, 0.5) is 0 Å². The normalized spacial score (nSPS) is 12.4. The highest BCUT2D eigenvalue weighted by Crippen LogP contribution is 2.36. The zero-order valence-corrected chi connectivity index (χ0v) is 13.3. The van der Waals surface area contributed by atoms with Gasteiger partial charge in [-0.1, -0.05) is 9.64 Å². The van der Waals surface area contributed by atoms with Crippen LogP contribution in [0.25, 0.3) is 11.3 Å². The molecule has 0 spiro atoms. The number of esters is 1. The molecule has 3 heterocycles. The van der Waals surface area contributed by atoms with Crippen LogP contribution >= 0.6 is 11.5 Å². The molecule has 0 amide bonds. The van der Waals surface area contributed by atoms with E-state index in [1.54, 1.807) is 19.1 Å². The topological polar surface area (TPSA) is 96.6 Å². The van der Waals surface area contributed by atoms with Gasteiger partial charge in [0.05, 0.1) is 5.69 Å². The van der Waals surface area contributed by atoms with Gasteiger partial charge in [-0.15, -0.1) is 5.10 Å². The van der Waals surface area contributed by atoms with E-state index in [-0.39, 0.29) is 13.4 Å². The van der Waals surface area contributed by atoms with Crippen molar-refractivity contribution >= 4 is 17.5 Å². The van der Waals surface area contributed by atoms with Crippen molar-refractivity contribution < 1.29 is 23.5 Å². The van der Waals surface area contributed by atoms with Gasteiger partial charge in [-0.05, 0) is 36.7 Å². The summed E-state index contributed by atoms with van der Waals surface area (Å²) in [6.45, 7) is 1.92. The Labute approximate surface area is 140 Å². The molecule has 0 fully saturated rings. The summed E-state index contributed by atoms with van der Waals surface area (Å²) < 4.78 is 24.8. The second-order valence-electron chi connectivity index (χ2n) is 5.01. The molecule has 1 aliphatic heterocycles. The first-order valence-electron chi connectivity index (χ1n) is 7.02. The van der Waals surface area contributed by atoms with E-state index in [1.165, 1.54) is 0 Å². The number of rotatable bonds is 4. The molecular formula is C15H11N3O5S. The lowest BCUT2D eigenvalue weighted by Crippen LogP contribution is -2.05. The van der Waals surface area contributed by atoms with Crippen LogP contribution in [-0.2, 0) is 11.3 Å². The van der Waals surface area contributed by atoms with E-state index >= 15 is 0 Å². The molecule has 0 atom stereocenters. The van der Waals surface area contributed by atoms with Crippen LogP contribution in [0.3, 0.4) is 0 Å². The smallest absolute Gasteiger partial charge is 0.352 e. The van der Waals surface area contributed by atoms with Crippen molar-refractivity contribution in [2.24, 2.45) is 0 Å². The standard InChI is InChI=1S/C15H11N3O5S/c1-8-14(24-18-16-8)15(19)20-6-10-5-12(23-17-10)9-2-3-11-13(4-9)22-7-21-11/h2-5H,6-7H2,1H3. The zero-order chi connectivity index (χ0) is 16.5. The zero-order valence-electron chi connectivity index (χ0n) is 12.5. The van der Waals surface area contributed by atoms with Crippen molar-refractivity contribution in [2.45, 2.75) is 13.5 Å². The van der Waals surface area contributed by atoms with E-state index < -0.39 is 5.97 Å². The highest BCUT2D eigenvalue weighted by atomic mass is 32.1. The molecule has 8 nitrogen and oxygen atoms in total. The van der Waals surface area contributed by atoms with E-state index in [9.17, 15) is 4.79 Å². The first-order chi connectivity index (χ1) is 11.7. The van der Waals surface area contributed by atoms with E-state index in [2.05, 4.69) is 14.7 Å². The summed E-state index contributed by atoms with van der Waals surface area (Å²) in [5.41, 5.74) is 1.85. The Bertz CT molecular complexity index is 904. The first kappa shape index (κ1) is 14.6. The van der Waals surface area contributed by atoms with Crippen LogP contribution in [-0.4, -0.2) is 27.5 Å². The number of hydrogen-bond acceptors (Lipinski definition) is 9. The second-order valence-corrected chi connectivity index (χ2v) is 5.77. The maximum absolute atomic E-state index is 11.9. The van der Waals surface area contributed by atoms with Gasteiger partial charge in [-0.3, -0.25) is 0 Å². The summed E-state index contributed by atoms with van der Waals surface area (Å²) in [6, 6.07) is 7.17. The molecule has 0 radical (unpaired) electrons. The number of hydrogen-bond donors (Lipinski definition) is 0.